The third kappa shape index (κ3) is 2.99. The van der Waals surface area contributed by atoms with Gasteiger partial charge in [-0.15, -0.1) is 11.3 Å². The van der Waals surface area contributed by atoms with Gasteiger partial charge in [-0.25, -0.2) is 4.79 Å². The second-order valence-corrected chi connectivity index (χ2v) is 6.41. The number of hydrogen-bond donors (Lipinski definition) is 1. The second kappa shape index (κ2) is 7.09. The van der Waals surface area contributed by atoms with Crippen LogP contribution < -0.4 is 11.3 Å². The Morgan fingerprint density at radius 3 is 2.77 bits per heavy atom. The summed E-state index contributed by atoms with van der Waals surface area (Å²) in [5, 5.41) is 6.98. The van der Waals surface area contributed by atoms with E-state index in [0.717, 1.165) is 4.68 Å². The third-order valence-corrected chi connectivity index (χ3v) is 4.68. The van der Waals surface area contributed by atoms with Gasteiger partial charge in [-0.05, 0) is 25.1 Å². The molecule has 0 saturated carbocycles. The van der Waals surface area contributed by atoms with Crippen LogP contribution in [0.2, 0.25) is 0 Å². The standard InChI is InChI=1S/C18H17N3O4S/c1-3-13(22)15-12-9-26-16(19)14(12)17(23)21(20-15)11-7-5-6-10(8-11)18(24)25-4-2/h5-9H,3-4,19H2,1-2H3. The fraction of sp³-hybridized carbons (Fsp3) is 0.222. The maximum Gasteiger partial charge on any atom is 0.338 e. The number of aromatic nitrogens is 2. The summed E-state index contributed by atoms with van der Waals surface area (Å²) < 4.78 is 6.09. The number of carbonyl (C=O) groups is 2. The van der Waals surface area contributed by atoms with Gasteiger partial charge >= 0.3 is 5.97 Å². The first-order valence-corrected chi connectivity index (χ1v) is 8.96. The van der Waals surface area contributed by atoms with Crippen molar-refractivity contribution in [1.29, 1.82) is 0 Å². The minimum Gasteiger partial charge on any atom is -0.462 e. The fourth-order valence-electron chi connectivity index (χ4n) is 2.60. The quantitative estimate of drug-likeness (QED) is 0.546. The van der Waals surface area contributed by atoms with Gasteiger partial charge < -0.3 is 10.5 Å². The number of nitrogens with two attached hydrogens (primary N) is 1. The number of Topliss-reactive ketones (excluding diaryl/α,β-unsaturated/α-hetero) is 1. The van der Waals surface area contributed by atoms with Gasteiger partial charge in [-0.2, -0.15) is 9.78 Å². The van der Waals surface area contributed by atoms with Gasteiger partial charge in [0.25, 0.3) is 5.56 Å². The summed E-state index contributed by atoms with van der Waals surface area (Å²) >= 11 is 1.19. The highest BCUT2D eigenvalue weighted by atomic mass is 32.1. The predicted octanol–water partition coefficient (Wildman–Crippen LogP) is 2.80. The molecule has 26 heavy (non-hydrogen) atoms. The van der Waals surface area contributed by atoms with E-state index < -0.39 is 11.5 Å². The molecule has 0 saturated heterocycles. The number of esters is 1. The van der Waals surface area contributed by atoms with E-state index in [9.17, 15) is 14.4 Å². The van der Waals surface area contributed by atoms with Gasteiger partial charge in [0, 0.05) is 17.2 Å². The summed E-state index contributed by atoms with van der Waals surface area (Å²) in [6, 6.07) is 6.34. The van der Waals surface area contributed by atoms with Crippen molar-refractivity contribution in [2.24, 2.45) is 0 Å². The van der Waals surface area contributed by atoms with Crippen molar-refractivity contribution in [2.75, 3.05) is 12.3 Å². The van der Waals surface area contributed by atoms with E-state index in [0.29, 0.717) is 21.6 Å². The van der Waals surface area contributed by atoms with E-state index >= 15 is 0 Å². The molecule has 0 radical (unpaired) electrons. The van der Waals surface area contributed by atoms with Crippen molar-refractivity contribution < 1.29 is 14.3 Å². The highest BCUT2D eigenvalue weighted by Gasteiger charge is 2.20. The Bertz CT molecular complexity index is 1070. The third-order valence-electron chi connectivity index (χ3n) is 3.87. The number of nitrogen functional groups attached to an aromatic ring is 1. The summed E-state index contributed by atoms with van der Waals surface area (Å²) in [7, 11) is 0. The van der Waals surface area contributed by atoms with Gasteiger partial charge in [-0.1, -0.05) is 13.0 Å². The van der Waals surface area contributed by atoms with Crippen LogP contribution in [0.25, 0.3) is 16.5 Å². The molecule has 3 rings (SSSR count). The van der Waals surface area contributed by atoms with E-state index in [1.807, 2.05) is 0 Å². The maximum absolute atomic E-state index is 12.9. The molecule has 7 nitrogen and oxygen atoms in total. The lowest BCUT2D eigenvalue weighted by Gasteiger charge is -2.10. The van der Waals surface area contributed by atoms with Crippen molar-refractivity contribution >= 4 is 38.9 Å². The monoisotopic (exact) mass is 371 g/mol. The predicted molar refractivity (Wildman–Crippen MR) is 100 cm³/mol. The molecule has 0 atom stereocenters. The van der Waals surface area contributed by atoms with E-state index in [-0.39, 0.29) is 29.9 Å². The summed E-state index contributed by atoms with van der Waals surface area (Å²) in [5.41, 5.74) is 6.35. The van der Waals surface area contributed by atoms with Crippen LogP contribution in [0.3, 0.4) is 0 Å². The minimum atomic E-state index is -0.497. The van der Waals surface area contributed by atoms with Crippen LogP contribution in [0.1, 0.15) is 41.1 Å². The van der Waals surface area contributed by atoms with Crippen LogP contribution in [0.5, 0.6) is 0 Å². The number of hydrogen-bond acceptors (Lipinski definition) is 7. The van der Waals surface area contributed by atoms with Crippen molar-refractivity contribution in [3.63, 3.8) is 0 Å². The van der Waals surface area contributed by atoms with Gasteiger partial charge in [-0.3, -0.25) is 9.59 Å². The van der Waals surface area contributed by atoms with E-state index in [1.165, 1.54) is 17.4 Å². The zero-order chi connectivity index (χ0) is 18.8. The number of thiophene rings is 1. The van der Waals surface area contributed by atoms with Crippen LogP contribution in [0, 0.1) is 0 Å². The molecule has 0 spiro atoms. The Kier molecular flexibility index (Phi) is 4.85. The lowest BCUT2D eigenvalue weighted by molar-refractivity contribution is 0.0526. The summed E-state index contributed by atoms with van der Waals surface area (Å²) in [5.74, 6) is -0.688. The van der Waals surface area contributed by atoms with Crippen LogP contribution in [0.4, 0.5) is 5.00 Å². The molecule has 2 N–H and O–H groups in total. The highest BCUT2D eigenvalue weighted by molar-refractivity contribution is 7.15. The second-order valence-electron chi connectivity index (χ2n) is 5.50. The van der Waals surface area contributed by atoms with Gasteiger partial charge in [0.1, 0.15) is 5.69 Å². The Morgan fingerprint density at radius 1 is 1.31 bits per heavy atom. The van der Waals surface area contributed by atoms with Crippen molar-refractivity contribution in [3.05, 3.63) is 51.3 Å². The fourth-order valence-corrected chi connectivity index (χ4v) is 3.39. The Hall–Kier alpha value is -3.00. The van der Waals surface area contributed by atoms with Gasteiger partial charge in [0.2, 0.25) is 0 Å². The molecule has 134 valence electrons. The zero-order valence-corrected chi connectivity index (χ0v) is 15.1. The minimum absolute atomic E-state index is 0.191. The van der Waals surface area contributed by atoms with Crippen LogP contribution >= 0.6 is 11.3 Å². The Balaban J connectivity index is 2.26. The molecular formula is C18H17N3O4S. The zero-order valence-electron chi connectivity index (χ0n) is 14.3. The van der Waals surface area contributed by atoms with Crippen molar-refractivity contribution in [3.8, 4) is 5.69 Å². The molecule has 8 heteroatoms. The number of ether oxygens (including phenoxy) is 1. The average Bonchev–Trinajstić information content (AvgIpc) is 3.04. The van der Waals surface area contributed by atoms with E-state index in [1.54, 1.807) is 37.4 Å². The maximum atomic E-state index is 12.9. The molecular weight excluding hydrogens is 354 g/mol. The highest BCUT2D eigenvalue weighted by Crippen LogP contribution is 2.28. The molecule has 2 heterocycles. The number of fused-ring (bicyclic) bond motifs is 1. The SMILES string of the molecule is CCOC(=O)c1cccc(-n2nc(C(=O)CC)c3csc(N)c3c2=O)c1. The lowest BCUT2D eigenvalue weighted by Crippen LogP contribution is -2.24. The molecule has 0 fully saturated rings. The summed E-state index contributed by atoms with van der Waals surface area (Å²) in [6.45, 7) is 3.68. The number of carbonyl (C=O) groups excluding carboxylic acids is 2. The number of benzene rings is 1. The normalized spacial score (nSPS) is 10.8. The lowest BCUT2D eigenvalue weighted by atomic mass is 10.1. The molecule has 1 aromatic carbocycles. The van der Waals surface area contributed by atoms with E-state index in [4.69, 9.17) is 10.5 Å². The average molecular weight is 371 g/mol. The van der Waals surface area contributed by atoms with Crippen LogP contribution in [0.15, 0.2) is 34.4 Å². The first-order chi connectivity index (χ1) is 12.5. The van der Waals surface area contributed by atoms with E-state index in [2.05, 4.69) is 5.10 Å². The largest absolute Gasteiger partial charge is 0.462 e. The Morgan fingerprint density at radius 2 is 2.08 bits per heavy atom. The van der Waals surface area contributed by atoms with Gasteiger partial charge in [0.05, 0.1) is 28.2 Å². The first-order valence-electron chi connectivity index (χ1n) is 8.08. The molecule has 0 aliphatic heterocycles. The van der Waals surface area contributed by atoms with Crippen molar-refractivity contribution in [2.45, 2.75) is 20.3 Å². The molecule has 0 aliphatic carbocycles. The molecule has 0 aliphatic rings. The van der Waals surface area contributed by atoms with Crippen LogP contribution in [-0.2, 0) is 4.74 Å². The molecule has 0 amide bonds. The van der Waals surface area contributed by atoms with Crippen molar-refractivity contribution in [1.82, 2.24) is 9.78 Å². The number of anilines is 1. The smallest absolute Gasteiger partial charge is 0.338 e. The van der Waals surface area contributed by atoms with Crippen LogP contribution in [-0.4, -0.2) is 28.1 Å². The molecule has 2 aromatic heterocycles. The summed E-state index contributed by atoms with van der Waals surface area (Å²) in [6.07, 6.45) is 0.249. The first kappa shape index (κ1) is 17.8. The number of nitrogens with zero attached hydrogens (tertiary/aromatic N) is 2. The number of ketones is 1. The van der Waals surface area contributed by atoms with Gasteiger partial charge in [0.15, 0.2) is 5.78 Å². The summed E-state index contributed by atoms with van der Waals surface area (Å²) in [4.78, 5) is 37.1. The molecule has 0 bridgehead atoms. The number of rotatable bonds is 5. The molecule has 0 unspecified atom stereocenters. The topological polar surface area (TPSA) is 104 Å². The Labute approximate surface area is 153 Å². The molecule has 3 aromatic rings.